The number of hydrogen-bond donors (Lipinski definition) is 2. The molecule has 0 spiro atoms. The monoisotopic (exact) mass is 367 g/mol. The number of halogens is 3. The number of nitrogens with zero attached hydrogens (tertiary/aromatic N) is 3. The zero-order chi connectivity index (χ0) is 18.7. The Hall–Kier alpha value is -2.39. The van der Waals surface area contributed by atoms with E-state index >= 15 is 0 Å². The number of aromatic nitrogens is 2. The first-order valence-corrected chi connectivity index (χ1v) is 8.23. The number of alkyl halides is 3. The molecule has 3 rings (SSSR count). The van der Waals surface area contributed by atoms with Gasteiger partial charge in [-0.05, 0) is 18.2 Å². The first-order valence-electron chi connectivity index (χ1n) is 8.23. The van der Waals surface area contributed by atoms with Crippen molar-refractivity contribution in [3.8, 4) is 0 Å². The van der Waals surface area contributed by atoms with Crippen molar-refractivity contribution < 1.29 is 18.0 Å². The first-order chi connectivity index (χ1) is 12.3. The number of imidazole rings is 1. The Morgan fingerprint density at radius 2 is 2.23 bits per heavy atom. The molecular formula is C17H20F3N5O. The lowest BCUT2D eigenvalue weighted by Gasteiger charge is -2.35. The number of carbonyl (C=O) groups excluding carboxylic acids is 1. The molecular weight excluding hydrogens is 347 g/mol. The zero-order valence-corrected chi connectivity index (χ0v) is 14.3. The van der Waals surface area contributed by atoms with E-state index in [4.69, 9.17) is 0 Å². The van der Waals surface area contributed by atoms with Crippen LogP contribution in [0.3, 0.4) is 0 Å². The van der Waals surface area contributed by atoms with Crippen molar-refractivity contribution in [1.29, 1.82) is 0 Å². The molecule has 26 heavy (non-hydrogen) atoms. The molecule has 2 N–H and O–H groups in total. The second-order valence-corrected chi connectivity index (χ2v) is 6.21. The number of piperazine rings is 1. The summed E-state index contributed by atoms with van der Waals surface area (Å²) < 4.78 is 40.3. The van der Waals surface area contributed by atoms with Gasteiger partial charge in [-0.15, -0.1) is 0 Å². The fourth-order valence-electron chi connectivity index (χ4n) is 3.05. The van der Waals surface area contributed by atoms with Gasteiger partial charge in [-0.1, -0.05) is 6.07 Å². The van der Waals surface area contributed by atoms with Gasteiger partial charge < -0.3 is 15.2 Å². The van der Waals surface area contributed by atoms with Crippen LogP contribution in [0.1, 0.15) is 17.4 Å². The highest BCUT2D eigenvalue weighted by molar-refractivity contribution is 5.92. The van der Waals surface area contributed by atoms with Gasteiger partial charge in [0.25, 0.3) is 0 Å². The van der Waals surface area contributed by atoms with Crippen molar-refractivity contribution in [1.82, 2.24) is 19.8 Å². The molecule has 1 aromatic carbocycles. The molecule has 2 heterocycles. The van der Waals surface area contributed by atoms with Crippen LogP contribution in [-0.4, -0.2) is 46.5 Å². The van der Waals surface area contributed by atoms with E-state index in [2.05, 4.69) is 15.6 Å². The number of anilines is 1. The van der Waals surface area contributed by atoms with Gasteiger partial charge in [0.2, 0.25) is 5.91 Å². The van der Waals surface area contributed by atoms with E-state index < -0.39 is 11.7 Å². The minimum atomic E-state index is -4.44. The number of carbonyl (C=O) groups is 1. The van der Waals surface area contributed by atoms with Crippen LogP contribution in [0.5, 0.6) is 0 Å². The van der Waals surface area contributed by atoms with E-state index in [0.29, 0.717) is 13.1 Å². The third kappa shape index (κ3) is 4.23. The molecule has 0 bridgehead atoms. The Bertz CT molecular complexity index is 774. The standard InChI is InChI=1S/C17H20F3N5O/c1-24-7-6-22-16(24)14-10-21-5-8-25(14)11-15(26)23-13-4-2-3-12(9-13)17(18,19)20/h2-4,6-7,9,14,21H,5,8,10-11H2,1H3,(H,23,26). The Morgan fingerprint density at radius 3 is 2.92 bits per heavy atom. The topological polar surface area (TPSA) is 62.2 Å². The summed E-state index contributed by atoms with van der Waals surface area (Å²) in [7, 11) is 1.89. The molecule has 1 amide bonds. The molecule has 1 unspecified atom stereocenters. The lowest BCUT2D eigenvalue weighted by molar-refractivity contribution is -0.137. The Labute approximate surface area is 149 Å². The Morgan fingerprint density at radius 1 is 1.42 bits per heavy atom. The molecule has 0 radical (unpaired) electrons. The number of nitrogens with one attached hydrogen (secondary N) is 2. The van der Waals surface area contributed by atoms with Crippen LogP contribution in [0, 0.1) is 0 Å². The van der Waals surface area contributed by atoms with Crippen LogP contribution >= 0.6 is 0 Å². The van der Waals surface area contributed by atoms with Gasteiger partial charge in [-0.3, -0.25) is 9.69 Å². The van der Waals surface area contributed by atoms with Crippen LogP contribution in [0.2, 0.25) is 0 Å². The number of rotatable bonds is 4. The Balaban J connectivity index is 1.68. The lowest BCUT2D eigenvalue weighted by atomic mass is 10.1. The molecule has 1 saturated heterocycles. The van der Waals surface area contributed by atoms with E-state index in [0.717, 1.165) is 24.5 Å². The van der Waals surface area contributed by atoms with Crippen molar-refractivity contribution in [2.75, 3.05) is 31.5 Å². The molecule has 1 aliphatic heterocycles. The number of hydrogen-bond acceptors (Lipinski definition) is 4. The Kier molecular flexibility index (Phi) is 5.28. The normalized spacial score (nSPS) is 18.7. The second-order valence-electron chi connectivity index (χ2n) is 6.21. The minimum Gasteiger partial charge on any atom is -0.337 e. The summed E-state index contributed by atoms with van der Waals surface area (Å²) in [6.07, 6.45) is -0.905. The average Bonchev–Trinajstić information content (AvgIpc) is 3.00. The summed E-state index contributed by atoms with van der Waals surface area (Å²) in [5.41, 5.74) is -0.656. The van der Waals surface area contributed by atoms with E-state index in [1.54, 1.807) is 6.20 Å². The summed E-state index contributed by atoms with van der Waals surface area (Å²) in [5.74, 6) is 0.481. The summed E-state index contributed by atoms with van der Waals surface area (Å²) in [4.78, 5) is 18.7. The smallest absolute Gasteiger partial charge is 0.337 e. The number of aryl methyl sites for hydroxylation is 1. The van der Waals surface area contributed by atoms with Crippen LogP contribution < -0.4 is 10.6 Å². The molecule has 9 heteroatoms. The predicted molar refractivity (Wildman–Crippen MR) is 90.5 cm³/mol. The van der Waals surface area contributed by atoms with Gasteiger partial charge in [0.05, 0.1) is 18.2 Å². The predicted octanol–water partition coefficient (Wildman–Crippen LogP) is 2.02. The summed E-state index contributed by atoms with van der Waals surface area (Å²) in [5, 5.41) is 5.83. The van der Waals surface area contributed by atoms with Gasteiger partial charge >= 0.3 is 6.18 Å². The SMILES string of the molecule is Cn1ccnc1C1CNCCN1CC(=O)Nc1cccc(C(F)(F)F)c1. The second kappa shape index (κ2) is 7.46. The van der Waals surface area contributed by atoms with Crippen molar-refractivity contribution in [3.63, 3.8) is 0 Å². The highest BCUT2D eigenvalue weighted by Gasteiger charge is 2.31. The molecule has 2 aromatic rings. The van der Waals surface area contributed by atoms with Crippen molar-refractivity contribution >= 4 is 11.6 Å². The highest BCUT2D eigenvalue weighted by atomic mass is 19.4. The van der Waals surface area contributed by atoms with Gasteiger partial charge in [0.15, 0.2) is 0 Å². The van der Waals surface area contributed by atoms with E-state index in [9.17, 15) is 18.0 Å². The van der Waals surface area contributed by atoms with Gasteiger partial charge in [-0.25, -0.2) is 4.98 Å². The molecule has 0 saturated carbocycles. The van der Waals surface area contributed by atoms with Crippen molar-refractivity contribution in [3.05, 3.63) is 48.0 Å². The molecule has 0 aliphatic carbocycles. The number of amides is 1. The lowest BCUT2D eigenvalue weighted by Crippen LogP contribution is -2.49. The molecule has 1 fully saturated rings. The van der Waals surface area contributed by atoms with Crippen LogP contribution in [0.4, 0.5) is 18.9 Å². The quantitative estimate of drug-likeness (QED) is 0.868. The third-order valence-corrected chi connectivity index (χ3v) is 4.33. The molecule has 1 aromatic heterocycles. The van der Waals surface area contributed by atoms with Crippen molar-refractivity contribution in [2.24, 2.45) is 7.05 Å². The maximum Gasteiger partial charge on any atom is 0.416 e. The zero-order valence-electron chi connectivity index (χ0n) is 14.3. The van der Waals surface area contributed by atoms with E-state index in [1.807, 2.05) is 22.7 Å². The fourth-order valence-corrected chi connectivity index (χ4v) is 3.05. The van der Waals surface area contributed by atoms with Crippen LogP contribution in [-0.2, 0) is 18.0 Å². The third-order valence-electron chi connectivity index (χ3n) is 4.33. The minimum absolute atomic E-state index is 0.0731. The highest BCUT2D eigenvalue weighted by Crippen LogP contribution is 2.30. The fraction of sp³-hybridized carbons (Fsp3) is 0.412. The summed E-state index contributed by atoms with van der Waals surface area (Å²) in [6, 6.07) is 4.56. The van der Waals surface area contributed by atoms with Gasteiger partial charge in [-0.2, -0.15) is 13.2 Å². The molecule has 6 nitrogen and oxygen atoms in total. The molecule has 140 valence electrons. The van der Waals surface area contributed by atoms with Crippen LogP contribution in [0.25, 0.3) is 0 Å². The van der Waals surface area contributed by atoms with Gasteiger partial charge in [0, 0.05) is 44.8 Å². The molecule has 1 aliphatic rings. The summed E-state index contributed by atoms with van der Waals surface area (Å²) >= 11 is 0. The number of benzene rings is 1. The maximum atomic E-state index is 12.8. The van der Waals surface area contributed by atoms with E-state index in [-0.39, 0.29) is 24.2 Å². The summed E-state index contributed by atoms with van der Waals surface area (Å²) in [6.45, 7) is 2.11. The average molecular weight is 367 g/mol. The van der Waals surface area contributed by atoms with E-state index in [1.165, 1.54) is 12.1 Å². The maximum absolute atomic E-state index is 12.8. The molecule has 1 atom stereocenters. The van der Waals surface area contributed by atoms with Gasteiger partial charge in [0.1, 0.15) is 5.82 Å². The largest absolute Gasteiger partial charge is 0.416 e. The first kappa shape index (κ1) is 18.4. The van der Waals surface area contributed by atoms with Crippen molar-refractivity contribution in [2.45, 2.75) is 12.2 Å². The van der Waals surface area contributed by atoms with Crippen LogP contribution in [0.15, 0.2) is 36.7 Å².